The molecule has 0 saturated carbocycles. The highest BCUT2D eigenvalue weighted by Crippen LogP contribution is 2.43. The van der Waals surface area contributed by atoms with Crippen LogP contribution in [0.15, 0.2) is 48.7 Å². The summed E-state index contributed by atoms with van der Waals surface area (Å²) >= 11 is 0. The third kappa shape index (κ3) is 3.01. The van der Waals surface area contributed by atoms with E-state index in [2.05, 4.69) is 5.10 Å². The van der Waals surface area contributed by atoms with E-state index in [-0.39, 0.29) is 11.7 Å². The van der Waals surface area contributed by atoms with Gasteiger partial charge in [0.1, 0.15) is 0 Å². The van der Waals surface area contributed by atoms with Crippen LogP contribution >= 0.6 is 0 Å². The minimum absolute atomic E-state index is 0.00729. The summed E-state index contributed by atoms with van der Waals surface area (Å²) in [7, 11) is 4.76. The Morgan fingerprint density at radius 3 is 2.25 bits per heavy atom. The summed E-state index contributed by atoms with van der Waals surface area (Å²) in [5, 5.41) is 4.47. The number of hydrogen-bond donors (Lipinski definition) is 0. The Morgan fingerprint density at radius 1 is 0.964 bits per heavy atom. The van der Waals surface area contributed by atoms with Crippen LogP contribution in [0, 0.1) is 0 Å². The number of methoxy groups -OCH3 is 3. The summed E-state index contributed by atoms with van der Waals surface area (Å²) in [6.45, 7) is 0. The maximum Gasteiger partial charge on any atom is 0.203 e. The molecule has 6 nitrogen and oxygen atoms in total. The van der Waals surface area contributed by atoms with E-state index in [1.807, 2.05) is 47.1 Å². The molecule has 1 aromatic heterocycles. The van der Waals surface area contributed by atoms with Gasteiger partial charge in [-0.05, 0) is 42.2 Å². The van der Waals surface area contributed by atoms with E-state index >= 15 is 0 Å². The molecule has 3 aromatic rings. The topological polar surface area (TPSA) is 62.6 Å². The van der Waals surface area contributed by atoms with Crippen molar-refractivity contribution in [3.05, 3.63) is 65.5 Å². The Kier molecular flexibility index (Phi) is 4.77. The van der Waals surface area contributed by atoms with Gasteiger partial charge in [-0.1, -0.05) is 18.2 Å². The zero-order valence-corrected chi connectivity index (χ0v) is 16.1. The van der Waals surface area contributed by atoms with Crippen LogP contribution < -0.4 is 14.2 Å². The molecular weight excluding hydrogens is 356 g/mol. The molecule has 0 fully saturated rings. The molecule has 0 saturated heterocycles. The van der Waals surface area contributed by atoms with Gasteiger partial charge in [0.25, 0.3) is 0 Å². The second kappa shape index (κ2) is 7.38. The molecule has 6 heteroatoms. The maximum absolute atomic E-state index is 12.8. The van der Waals surface area contributed by atoms with Gasteiger partial charge >= 0.3 is 0 Å². The number of aromatic nitrogens is 2. The maximum atomic E-state index is 12.8. The summed E-state index contributed by atoms with van der Waals surface area (Å²) in [6, 6.07) is 13.7. The highest BCUT2D eigenvalue weighted by atomic mass is 16.5. The van der Waals surface area contributed by atoms with E-state index in [4.69, 9.17) is 14.2 Å². The first-order valence-corrected chi connectivity index (χ1v) is 9.11. The van der Waals surface area contributed by atoms with Crippen LogP contribution in [-0.4, -0.2) is 36.9 Å². The fraction of sp³-hybridized carbons (Fsp3) is 0.273. The lowest BCUT2D eigenvalue weighted by Crippen LogP contribution is -2.20. The fourth-order valence-electron chi connectivity index (χ4n) is 3.81. The van der Waals surface area contributed by atoms with Gasteiger partial charge < -0.3 is 14.2 Å². The third-order valence-electron chi connectivity index (χ3n) is 5.20. The van der Waals surface area contributed by atoms with Gasteiger partial charge in [0, 0.05) is 6.42 Å². The lowest BCUT2D eigenvalue weighted by molar-refractivity contribution is 0.0963. The predicted molar refractivity (Wildman–Crippen MR) is 105 cm³/mol. The number of carbonyl (C=O) groups is 1. The number of nitrogens with zero attached hydrogens (tertiary/aromatic N) is 2. The molecule has 2 aromatic carbocycles. The van der Waals surface area contributed by atoms with Crippen LogP contribution in [0.2, 0.25) is 0 Å². The van der Waals surface area contributed by atoms with Crippen molar-refractivity contribution in [2.45, 2.75) is 18.8 Å². The molecular formula is C22H22N2O4. The molecule has 28 heavy (non-hydrogen) atoms. The number of ether oxygens (including phenoxy) is 3. The molecule has 1 aliphatic rings. The third-order valence-corrected chi connectivity index (χ3v) is 5.20. The smallest absolute Gasteiger partial charge is 0.203 e. The summed E-state index contributed by atoms with van der Waals surface area (Å²) in [5.74, 6) is 1.83. The first-order valence-electron chi connectivity index (χ1n) is 9.11. The largest absolute Gasteiger partial charge is 0.493 e. The normalized spacial score (nSPS) is 15.8. The zero-order valence-electron chi connectivity index (χ0n) is 16.1. The average molecular weight is 378 g/mol. The predicted octanol–water partition coefficient (Wildman–Crippen LogP) is 3.81. The van der Waals surface area contributed by atoms with E-state index in [1.165, 1.54) is 0 Å². The van der Waals surface area contributed by atoms with Gasteiger partial charge in [-0.2, -0.15) is 5.10 Å². The first kappa shape index (κ1) is 18.1. The number of carbonyl (C=O) groups excluding carboxylic acids is 1. The Labute approximate surface area is 163 Å². The number of para-hydroxylation sites is 1. The molecule has 1 aliphatic carbocycles. The zero-order chi connectivity index (χ0) is 19.7. The number of fused-ring (bicyclic) bond motifs is 1. The summed E-state index contributed by atoms with van der Waals surface area (Å²) in [6.07, 6.45) is 2.80. The van der Waals surface area contributed by atoms with Crippen LogP contribution in [0.3, 0.4) is 0 Å². The quantitative estimate of drug-likeness (QED) is 0.676. The first-order chi connectivity index (χ1) is 13.7. The number of ketones is 1. The molecule has 1 atom stereocenters. The van der Waals surface area contributed by atoms with Crippen molar-refractivity contribution in [1.29, 1.82) is 0 Å². The van der Waals surface area contributed by atoms with Crippen molar-refractivity contribution in [3.63, 3.8) is 0 Å². The van der Waals surface area contributed by atoms with Gasteiger partial charge in [0.15, 0.2) is 17.3 Å². The van der Waals surface area contributed by atoms with Gasteiger partial charge in [0.05, 0.1) is 44.5 Å². The molecule has 0 N–H and O–H groups in total. The highest BCUT2D eigenvalue weighted by Gasteiger charge is 2.31. The van der Waals surface area contributed by atoms with Crippen molar-refractivity contribution in [2.24, 2.45) is 0 Å². The van der Waals surface area contributed by atoms with Gasteiger partial charge in [-0.25, -0.2) is 4.68 Å². The van der Waals surface area contributed by atoms with Crippen molar-refractivity contribution in [3.8, 4) is 22.9 Å². The Bertz CT molecular complexity index is 986. The molecule has 0 amide bonds. The number of Topliss-reactive ketones (excluding diaryl/α,β-unsaturated/α-hetero) is 1. The summed E-state index contributed by atoms with van der Waals surface area (Å²) in [5.41, 5.74) is 3.56. The molecule has 0 spiro atoms. The second-order valence-corrected chi connectivity index (χ2v) is 6.74. The standard InChI is InChI=1S/C22H22N2O4/c1-26-20-11-15(12-21(27-2)22(20)28-3)14-9-18-17(19(25)10-14)13-23-24(18)16-7-5-4-6-8-16/h4-8,11-14H,9-10H2,1-3H3/t14-/m1/s1. The fourth-order valence-corrected chi connectivity index (χ4v) is 3.81. The Morgan fingerprint density at radius 2 is 1.64 bits per heavy atom. The van der Waals surface area contributed by atoms with Crippen LogP contribution in [0.5, 0.6) is 17.2 Å². The minimum atomic E-state index is 0.00729. The molecule has 0 unspecified atom stereocenters. The molecule has 1 heterocycles. The van der Waals surface area contributed by atoms with Crippen LogP contribution in [0.25, 0.3) is 5.69 Å². The van der Waals surface area contributed by atoms with Gasteiger partial charge in [0.2, 0.25) is 5.75 Å². The number of rotatable bonds is 5. The van der Waals surface area contributed by atoms with Gasteiger partial charge in [-0.3, -0.25) is 4.79 Å². The summed E-state index contributed by atoms with van der Waals surface area (Å²) < 4.78 is 18.2. The van der Waals surface area contributed by atoms with E-state index in [0.717, 1.165) is 16.9 Å². The number of benzene rings is 2. The van der Waals surface area contributed by atoms with Crippen LogP contribution in [0.1, 0.15) is 34.0 Å². The van der Waals surface area contributed by atoms with Crippen molar-refractivity contribution in [2.75, 3.05) is 21.3 Å². The lowest BCUT2D eigenvalue weighted by atomic mass is 9.82. The molecule has 0 bridgehead atoms. The molecule has 144 valence electrons. The monoisotopic (exact) mass is 378 g/mol. The highest BCUT2D eigenvalue weighted by molar-refractivity contribution is 5.98. The van der Waals surface area contributed by atoms with Crippen molar-refractivity contribution < 1.29 is 19.0 Å². The Balaban J connectivity index is 1.76. The van der Waals surface area contributed by atoms with E-state index in [9.17, 15) is 4.79 Å². The van der Waals surface area contributed by atoms with E-state index < -0.39 is 0 Å². The lowest BCUT2D eigenvalue weighted by Gasteiger charge is -2.24. The van der Waals surface area contributed by atoms with Crippen LogP contribution in [-0.2, 0) is 6.42 Å². The minimum Gasteiger partial charge on any atom is -0.493 e. The summed E-state index contributed by atoms with van der Waals surface area (Å²) in [4.78, 5) is 12.8. The van der Waals surface area contributed by atoms with Crippen LogP contribution in [0.4, 0.5) is 0 Å². The molecule has 0 radical (unpaired) electrons. The van der Waals surface area contributed by atoms with Crippen molar-refractivity contribution >= 4 is 5.78 Å². The van der Waals surface area contributed by atoms with Crippen molar-refractivity contribution in [1.82, 2.24) is 9.78 Å². The SMILES string of the molecule is COc1cc([C@H]2CC(=O)c3cnn(-c4ccccc4)c3C2)cc(OC)c1OC. The average Bonchev–Trinajstić information content (AvgIpc) is 3.17. The molecule has 0 aliphatic heterocycles. The van der Waals surface area contributed by atoms with E-state index in [1.54, 1.807) is 27.5 Å². The van der Waals surface area contributed by atoms with E-state index in [0.29, 0.717) is 35.7 Å². The number of hydrogen-bond acceptors (Lipinski definition) is 5. The Hall–Kier alpha value is -3.28. The second-order valence-electron chi connectivity index (χ2n) is 6.74. The molecule has 4 rings (SSSR count). The van der Waals surface area contributed by atoms with Gasteiger partial charge in [-0.15, -0.1) is 0 Å².